The van der Waals surface area contributed by atoms with Crippen LogP contribution in [0.5, 0.6) is 11.5 Å². The van der Waals surface area contributed by atoms with E-state index < -0.39 is 0 Å². The molecule has 3 rings (SSSR count). The molecule has 1 aliphatic heterocycles. The molecule has 0 aliphatic carbocycles. The van der Waals surface area contributed by atoms with Gasteiger partial charge in [-0.3, -0.25) is 0 Å². The minimum atomic E-state index is 0.872. The summed E-state index contributed by atoms with van der Waals surface area (Å²) in [4.78, 5) is 3.33. The lowest BCUT2D eigenvalue weighted by Crippen LogP contribution is -3.27. The zero-order chi connectivity index (χ0) is 16.8. The van der Waals surface area contributed by atoms with E-state index in [1.165, 1.54) is 37.3 Å². The van der Waals surface area contributed by atoms with Crippen molar-refractivity contribution in [3.05, 3.63) is 59.7 Å². The van der Waals surface area contributed by atoms with Crippen LogP contribution in [0.25, 0.3) is 0 Å². The van der Waals surface area contributed by atoms with Crippen LogP contribution in [0.3, 0.4) is 0 Å². The Morgan fingerprint density at radius 3 is 1.71 bits per heavy atom. The molecule has 0 radical (unpaired) electrons. The molecular weight excluding hydrogens is 300 g/mol. The number of ether oxygens (including phenoxy) is 2. The normalized spacial score (nSPS) is 20.6. The Morgan fingerprint density at radius 2 is 1.21 bits per heavy atom. The van der Waals surface area contributed by atoms with E-state index in [1.54, 1.807) is 24.0 Å². The van der Waals surface area contributed by atoms with Crippen molar-refractivity contribution in [2.45, 2.75) is 13.1 Å². The van der Waals surface area contributed by atoms with Gasteiger partial charge in [0.25, 0.3) is 0 Å². The molecular formula is C20H28N2O2+2. The molecule has 0 saturated carbocycles. The van der Waals surface area contributed by atoms with Gasteiger partial charge in [-0.1, -0.05) is 30.3 Å². The lowest BCUT2D eigenvalue weighted by molar-refractivity contribution is -1.02. The number of benzene rings is 2. The highest BCUT2D eigenvalue weighted by Gasteiger charge is 2.23. The van der Waals surface area contributed by atoms with Gasteiger partial charge in [-0.05, 0) is 12.1 Å². The van der Waals surface area contributed by atoms with Crippen molar-refractivity contribution in [2.75, 3.05) is 40.4 Å². The van der Waals surface area contributed by atoms with Crippen LogP contribution in [0.4, 0.5) is 0 Å². The maximum atomic E-state index is 5.38. The van der Waals surface area contributed by atoms with Crippen LogP contribution in [-0.4, -0.2) is 40.4 Å². The summed E-state index contributed by atoms with van der Waals surface area (Å²) < 4.78 is 10.8. The van der Waals surface area contributed by atoms with E-state index in [1.807, 2.05) is 6.07 Å². The van der Waals surface area contributed by atoms with E-state index in [4.69, 9.17) is 9.47 Å². The highest BCUT2D eigenvalue weighted by molar-refractivity contribution is 5.38. The molecule has 4 heteroatoms. The number of rotatable bonds is 6. The summed E-state index contributed by atoms with van der Waals surface area (Å²) in [6.45, 7) is 7.05. The highest BCUT2D eigenvalue weighted by atomic mass is 16.5. The summed E-state index contributed by atoms with van der Waals surface area (Å²) in [6, 6.07) is 17.0. The zero-order valence-electron chi connectivity index (χ0n) is 14.7. The minimum Gasteiger partial charge on any atom is -0.497 e. The lowest BCUT2D eigenvalue weighted by Gasteiger charge is -2.30. The fourth-order valence-electron chi connectivity index (χ4n) is 3.45. The second-order valence-corrected chi connectivity index (χ2v) is 6.56. The average Bonchev–Trinajstić information content (AvgIpc) is 2.64. The third-order valence-corrected chi connectivity index (χ3v) is 4.83. The fourth-order valence-corrected chi connectivity index (χ4v) is 3.45. The first-order valence-electron chi connectivity index (χ1n) is 8.70. The highest BCUT2D eigenvalue weighted by Crippen LogP contribution is 2.21. The number of hydrogen-bond donors (Lipinski definition) is 2. The SMILES string of the molecule is COc1cc(C[NH+]2CC[NH+](Cc3ccccc3)CC2)cc(OC)c1. The van der Waals surface area contributed by atoms with Crippen LogP contribution in [0.1, 0.15) is 11.1 Å². The van der Waals surface area contributed by atoms with Crippen molar-refractivity contribution in [2.24, 2.45) is 0 Å². The van der Waals surface area contributed by atoms with Crippen LogP contribution < -0.4 is 19.3 Å². The average molecular weight is 328 g/mol. The quantitative estimate of drug-likeness (QED) is 0.792. The Morgan fingerprint density at radius 1 is 0.708 bits per heavy atom. The molecule has 0 bridgehead atoms. The van der Waals surface area contributed by atoms with Gasteiger partial charge in [-0.15, -0.1) is 0 Å². The molecule has 1 fully saturated rings. The molecule has 2 aromatic rings. The maximum absolute atomic E-state index is 5.38. The molecule has 0 unspecified atom stereocenters. The molecule has 0 aromatic heterocycles. The van der Waals surface area contributed by atoms with Gasteiger partial charge in [0.1, 0.15) is 50.8 Å². The van der Waals surface area contributed by atoms with E-state index in [0.29, 0.717) is 0 Å². The molecule has 0 spiro atoms. The Labute approximate surface area is 144 Å². The minimum absolute atomic E-state index is 0.872. The Bertz CT molecular complexity index is 615. The molecule has 2 aromatic carbocycles. The van der Waals surface area contributed by atoms with Crippen molar-refractivity contribution in [3.8, 4) is 11.5 Å². The third kappa shape index (κ3) is 4.49. The summed E-state index contributed by atoms with van der Waals surface area (Å²) in [6.07, 6.45) is 0. The van der Waals surface area contributed by atoms with E-state index in [2.05, 4.69) is 42.5 Å². The van der Waals surface area contributed by atoms with Gasteiger partial charge in [0, 0.05) is 17.2 Å². The molecule has 1 heterocycles. The first-order chi connectivity index (χ1) is 11.8. The predicted octanol–water partition coefficient (Wildman–Crippen LogP) is 0.187. The van der Waals surface area contributed by atoms with Crippen molar-refractivity contribution in [3.63, 3.8) is 0 Å². The molecule has 24 heavy (non-hydrogen) atoms. The number of piperazine rings is 1. The summed E-state index contributed by atoms with van der Waals surface area (Å²) in [7, 11) is 3.41. The Hall–Kier alpha value is -2.04. The summed E-state index contributed by atoms with van der Waals surface area (Å²) in [5.74, 6) is 1.74. The van der Waals surface area contributed by atoms with E-state index in [-0.39, 0.29) is 0 Å². The van der Waals surface area contributed by atoms with Gasteiger partial charge in [0.05, 0.1) is 14.2 Å². The van der Waals surface area contributed by atoms with Crippen molar-refractivity contribution in [1.29, 1.82) is 0 Å². The summed E-state index contributed by atoms with van der Waals surface area (Å²) in [5.41, 5.74) is 2.72. The summed E-state index contributed by atoms with van der Waals surface area (Å²) in [5, 5.41) is 0. The molecule has 1 saturated heterocycles. The number of hydrogen-bond acceptors (Lipinski definition) is 2. The first kappa shape index (κ1) is 16.8. The van der Waals surface area contributed by atoms with Gasteiger partial charge in [0.2, 0.25) is 0 Å². The van der Waals surface area contributed by atoms with E-state index in [0.717, 1.165) is 24.6 Å². The largest absolute Gasteiger partial charge is 0.497 e. The summed E-state index contributed by atoms with van der Waals surface area (Å²) >= 11 is 0. The standard InChI is InChI=1S/C20H26N2O2/c1-23-19-12-18(13-20(14-19)24-2)16-22-10-8-21(9-11-22)15-17-6-4-3-5-7-17/h3-7,12-14H,8-11,15-16H2,1-2H3/p+2. The van der Waals surface area contributed by atoms with Crippen molar-refractivity contribution < 1.29 is 19.3 Å². The van der Waals surface area contributed by atoms with Crippen LogP contribution in [-0.2, 0) is 13.1 Å². The molecule has 4 nitrogen and oxygen atoms in total. The molecule has 0 amide bonds. The molecule has 0 atom stereocenters. The zero-order valence-corrected chi connectivity index (χ0v) is 14.7. The van der Waals surface area contributed by atoms with Crippen LogP contribution in [0.15, 0.2) is 48.5 Å². The Balaban J connectivity index is 1.54. The van der Waals surface area contributed by atoms with Crippen LogP contribution in [0, 0.1) is 0 Å². The molecule has 1 aliphatic rings. The number of quaternary nitrogens is 2. The smallest absolute Gasteiger partial charge is 0.127 e. The first-order valence-corrected chi connectivity index (χ1v) is 8.70. The third-order valence-electron chi connectivity index (χ3n) is 4.83. The van der Waals surface area contributed by atoms with Crippen molar-refractivity contribution >= 4 is 0 Å². The number of methoxy groups -OCH3 is 2. The van der Waals surface area contributed by atoms with E-state index in [9.17, 15) is 0 Å². The van der Waals surface area contributed by atoms with Gasteiger partial charge in [-0.25, -0.2) is 0 Å². The fraction of sp³-hybridized carbons (Fsp3) is 0.400. The van der Waals surface area contributed by atoms with Gasteiger partial charge < -0.3 is 19.3 Å². The topological polar surface area (TPSA) is 27.3 Å². The second-order valence-electron chi connectivity index (χ2n) is 6.56. The Kier molecular flexibility index (Phi) is 5.72. The molecule has 128 valence electrons. The van der Waals surface area contributed by atoms with Gasteiger partial charge >= 0.3 is 0 Å². The lowest BCUT2D eigenvalue weighted by atomic mass is 10.1. The van der Waals surface area contributed by atoms with Gasteiger partial charge in [0.15, 0.2) is 0 Å². The second kappa shape index (κ2) is 8.18. The van der Waals surface area contributed by atoms with Crippen LogP contribution >= 0.6 is 0 Å². The van der Waals surface area contributed by atoms with Gasteiger partial charge in [-0.2, -0.15) is 0 Å². The maximum Gasteiger partial charge on any atom is 0.127 e. The molecule has 2 N–H and O–H groups in total. The van der Waals surface area contributed by atoms with E-state index >= 15 is 0 Å². The van der Waals surface area contributed by atoms with Crippen LogP contribution in [0.2, 0.25) is 0 Å². The predicted molar refractivity (Wildman–Crippen MR) is 94.8 cm³/mol. The monoisotopic (exact) mass is 328 g/mol. The van der Waals surface area contributed by atoms with Crippen molar-refractivity contribution in [1.82, 2.24) is 0 Å². The number of nitrogens with one attached hydrogen (secondary N) is 2.